The molecule has 0 unspecified atom stereocenters. The van der Waals surface area contributed by atoms with Crippen molar-refractivity contribution in [3.05, 3.63) is 23.8 Å². The van der Waals surface area contributed by atoms with E-state index in [1.54, 1.807) is 30.1 Å². The number of nitrogens with one attached hydrogen (secondary N) is 2. The molecule has 0 bridgehead atoms. The maximum atomic E-state index is 12.9. The normalized spacial score (nSPS) is 20.0. The molecule has 10 heteroatoms. The molecule has 162 valence electrons. The highest BCUT2D eigenvalue weighted by Crippen LogP contribution is 2.29. The van der Waals surface area contributed by atoms with Gasteiger partial charge in [0.15, 0.2) is 0 Å². The molecule has 1 aromatic carbocycles. The van der Waals surface area contributed by atoms with E-state index in [-0.39, 0.29) is 30.4 Å². The number of carbonyl (C=O) groups excluding carboxylic acids is 2. The Balaban J connectivity index is 2.32. The first-order valence-electron chi connectivity index (χ1n) is 9.43. The summed E-state index contributed by atoms with van der Waals surface area (Å²) in [5.41, 5.74) is 0.777. The van der Waals surface area contributed by atoms with Gasteiger partial charge in [0.05, 0.1) is 18.4 Å². The fourth-order valence-corrected chi connectivity index (χ4v) is 3.45. The minimum Gasteiger partial charge on any atom is -0.488 e. The Bertz CT molecular complexity index is 871. The summed E-state index contributed by atoms with van der Waals surface area (Å²) in [6, 6.07) is 4.45. The summed E-state index contributed by atoms with van der Waals surface area (Å²) >= 11 is 0. The van der Waals surface area contributed by atoms with Gasteiger partial charge in [0.1, 0.15) is 11.9 Å². The van der Waals surface area contributed by atoms with Gasteiger partial charge in [-0.3, -0.25) is 4.79 Å². The van der Waals surface area contributed by atoms with Gasteiger partial charge in [0.2, 0.25) is 10.0 Å². The largest absolute Gasteiger partial charge is 0.488 e. The van der Waals surface area contributed by atoms with Gasteiger partial charge in [0.25, 0.3) is 5.91 Å². The molecule has 1 aliphatic rings. The van der Waals surface area contributed by atoms with Crippen LogP contribution in [0.4, 0.5) is 10.5 Å². The summed E-state index contributed by atoms with van der Waals surface area (Å²) in [6.07, 6.45) is 0.705. The van der Waals surface area contributed by atoms with E-state index < -0.39 is 16.1 Å². The molecule has 1 aliphatic heterocycles. The highest BCUT2D eigenvalue weighted by Gasteiger charge is 2.31. The van der Waals surface area contributed by atoms with E-state index >= 15 is 0 Å². The van der Waals surface area contributed by atoms with Crippen LogP contribution in [0, 0.1) is 5.92 Å². The lowest BCUT2D eigenvalue weighted by Gasteiger charge is -2.34. The molecule has 29 heavy (non-hydrogen) atoms. The van der Waals surface area contributed by atoms with Gasteiger partial charge in [-0.15, -0.1) is 0 Å². The third kappa shape index (κ3) is 6.07. The number of likely N-dealkylation sites (N-methyl/N-ethyl adjacent to an activating group) is 1. The molecule has 0 fully saturated rings. The van der Waals surface area contributed by atoms with Crippen LogP contribution in [0.25, 0.3) is 0 Å². The zero-order chi connectivity index (χ0) is 21.9. The fraction of sp³-hybridized carbons (Fsp3) is 0.579. The molecule has 0 spiro atoms. The quantitative estimate of drug-likeness (QED) is 0.743. The summed E-state index contributed by atoms with van der Waals surface area (Å²) in [5.74, 6) is 0.0423. The zero-order valence-corrected chi connectivity index (χ0v) is 18.5. The van der Waals surface area contributed by atoms with Gasteiger partial charge in [-0.1, -0.05) is 6.92 Å². The topological polar surface area (TPSA) is 108 Å². The molecule has 2 rings (SSSR count). The average molecular weight is 427 g/mol. The standard InChI is InChI=1S/C19H30N4O5S/c1-12(2)20-19(25)21-14-7-8-16-15(9-14)18(24)22(4)10-13(3)17(28-16)11-23(5)29(6,26)27/h7-9,12-13,17H,10-11H2,1-6H3,(H2,20,21,25)/t13-,17+/m1/s1. The molecule has 1 heterocycles. The summed E-state index contributed by atoms with van der Waals surface area (Å²) in [5, 5.41) is 5.43. The van der Waals surface area contributed by atoms with E-state index in [4.69, 9.17) is 4.74 Å². The maximum Gasteiger partial charge on any atom is 0.319 e. The number of amides is 3. The number of nitrogens with zero attached hydrogens (tertiary/aromatic N) is 2. The van der Waals surface area contributed by atoms with Gasteiger partial charge >= 0.3 is 6.03 Å². The minimum atomic E-state index is -3.36. The number of urea groups is 1. The van der Waals surface area contributed by atoms with Crippen molar-refractivity contribution >= 4 is 27.6 Å². The van der Waals surface area contributed by atoms with E-state index in [0.717, 1.165) is 6.26 Å². The van der Waals surface area contributed by atoms with Gasteiger partial charge in [-0.05, 0) is 32.0 Å². The van der Waals surface area contributed by atoms with E-state index in [9.17, 15) is 18.0 Å². The van der Waals surface area contributed by atoms with Crippen LogP contribution in [0.5, 0.6) is 5.75 Å². The third-order valence-corrected chi connectivity index (χ3v) is 5.99. The first-order valence-corrected chi connectivity index (χ1v) is 11.3. The molecule has 3 amide bonds. The molecule has 0 aliphatic carbocycles. The molecule has 0 radical (unpaired) electrons. The number of carbonyl (C=O) groups is 2. The van der Waals surface area contributed by atoms with Crippen molar-refractivity contribution in [1.82, 2.24) is 14.5 Å². The Kier molecular flexibility index (Phi) is 7.12. The Morgan fingerprint density at radius 1 is 1.38 bits per heavy atom. The smallest absolute Gasteiger partial charge is 0.319 e. The molecule has 2 N–H and O–H groups in total. The number of sulfonamides is 1. The number of ether oxygens (including phenoxy) is 1. The van der Waals surface area contributed by atoms with Gasteiger partial charge < -0.3 is 20.3 Å². The van der Waals surface area contributed by atoms with E-state index in [2.05, 4.69) is 10.6 Å². The predicted octanol–water partition coefficient (Wildman–Crippen LogP) is 1.58. The molecule has 9 nitrogen and oxygen atoms in total. The van der Waals surface area contributed by atoms with E-state index in [0.29, 0.717) is 23.5 Å². The van der Waals surface area contributed by atoms with Crippen LogP contribution in [0.15, 0.2) is 18.2 Å². The van der Waals surface area contributed by atoms with Crippen molar-refractivity contribution in [2.75, 3.05) is 38.8 Å². The van der Waals surface area contributed by atoms with E-state index in [1.165, 1.54) is 11.4 Å². The van der Waals surface area contributed by atoms with Gasteiger partial charge in [-0.25, -0.2) is 17.5 Å². The lowest BCUT2D eigenvalue weighted by Crippen LogP contribution is -2.46. The number of hydrogen-bond donors (Lipinski definition) is 2. The molecular weight excluding hydrogens is 396 g/mol. The molecule has 0 saturated heterocycles. The van der Waals surface area contributed by atoms with E-state index in [1.807, 2.05) is 20.8 Å². The SMILES string of the molecule is CC(C)NC(=O)Nc1ccc2c(c1)C(=O)N(C)C[C@@H](C)[C@H](CN(C)S(C)(=O)=O)O2. The van der Waals surface area contributed by atoms with Crippen LogP contribution < -0.4 is 15.4 Å². The number of fused-ring (bicyclic) bond motifs is 1. The lowest BCUT2D eigenvalue weighted by molar-refractivity contribution is 0.0605. The van der Waals surface area contributed by atoms with Crippen LogP contribution in [0.2, 0.25) is 0 Å². The summed E-state index contributed by atoms with van der Waals surface area (Å²) in [4.78, 5) is 26.4. The molecule has 0 aromatic heterocycles. The van der Waals surface area contributed by atoms with Crippen LogP contribution in [0.3, 0.4) is 0 Å². The predicted molar refractivity (Wildman–Crippen MR) is 112 cm³/mol. The first-order chi connectivity index (χ1) is 13.4. The number of hydrogen-bond acceptors (Lipinski definition) is 5. The number of benzene rings is 1. The molecular formula is C19H30N4O5S. The highest BCUT2D eigenvalue weighted by molar-refractivity contribution is 7.88. The zero-order valence-electron chi connectivity index (χ0n) is 17.7. The lowest BCUT2D eigenvalue weighted by atomic mass is 10.0. The van der Waals surface area contributed by atoms with Crippen LogP contribution in [-0.2, 0) is 10.0 Å². The molecule has 2 atom stereocenters. The third-order valence-electron chi connectivity index (χ3n) is 4.71. The maximum absolute atomic E-state index is 12.9. The van der Waals surface area contributed by atoms with Crippen LogP contribution in [0.1, 0.15) is 31.1 Å². The minimum absolute atomic E-state index is 0.0236. The van der Waals surface area contributed by atoms with Crippen molar-refractivity contribution in [3.8, 4) is 5.75 Å². The summed E-state index contributed by atoms with van der Waals surface area (Å²) < 4.78 is 30.9. The second-order valence-corrected chi connectivity index (χ2v) is 9.92. The van der Waals surface area contributed by atoms with Crippen LogP contribution in [-0.4, -0.2) is 75.1 Å². The average Bonchev–Trinajstić information content (AvgIpc) is 2.59. The van der Waals surface area contributed by atoms with Crippen molar-refractivity contribution in [3.63, 3.8) is 0 Å². The summed E-state index contributed by atoms with van der Waals surface area (Å²) in [7, 11) is -0.169. The Hall–Kier alpha value is -2.33. The highest BCUT2D eigenvalue weighted by atomic mass is 32.2. The van der Waals surface area contributed by atoms with Crippen LogP contribution >= 0.6 is 0 Å². The van der Waals surface area contributed by atoms with Gasteiger partial charge in [-0.2, -0.15) is 0 Å². The Labute approximate surface area is 172 Å². The molecule has 0 saturated carbocycles. The molecule has 1 aromatic rings. The second-order valence-electron chi connectivity index (χ2n) is 7.83. The van der Waals surface area contributed by atoms with Crippen molar-refractivity contribution in [2.45, 2.75) is 32.9 Å². The Morgan fingerprint density at radius 3 is 2.62 bits per heavy atom. The second kappa shape index (κ2) is 9.00. The van der Waals surface area contributed by atoms with Gasteiger partial charge in [0, 0.05) is 38.3 Å². The number of rotatable bonds is 5. The fourth-order valence-electron chi connectivity index (χ4n) is 3.03. The Morgan fingerprint density at radius 2 is 2.03 bits per heavy atom. The van der Waals surface area contributed by atoms with Crippen molar-refractivity contribution in [2.24, 2.45) is 5.92 Å². The van der Waals surface area contributed by atoms with Crippen molar-refractivity contribution in [1.29, 1.82) is 0 Å². The number of anilines is 1. The monoisotopic (exact) mass is 426 g/mol. The summed E-state index contributed by atoms with van der Waals surface area (Å²) in [6.45, 7) is 6.19. The first kappa shape index (κ1) is 23.0. The van der Waals surface area contributed by atoms with Crippen molar-refractivity contribution < 1.29 is 22.7 Å².